The third-order valence-electron chi connectivity index (χ3n) is 4.05. The molecule has 0 saturated heterocycles. The normalized spacial score (nSPS) is 15.2. The number of carbonyl (C=O) groups is 1. The van der Waals surface area contributed by atoms with E-state index in [9.17, 15) is 18.3 Å². The zero-order valence-corrected chi connectivity index (χ0v) is 14.5. The highest BCUT2D eigenvalue weighted by Crippen LogP contribution is 2.27. The Balaban J connectivity index is 2.09. The van der Waals surface area contributed by atoms with Crippen LogP contribution < -0.4 is 0 Å². The van der Waals surface area contributed by atoms with E-state index in [4.69, 9.17) is 11.6 Å². The van der Waals surface area contributed by atoms with Crippen LogP contribution in [0.5, 0.6) is 0 Å². The number of carboxylic acid groups (broad SMARTS) is 1. The van der Waals surface area contributed by atoms with Gasteiger partial charge in [-0.1, -0.05) is 11.6 Å². The van der Waals surface area contributed by atoms with Crippen LogP contribution in [-0.4, -0.2) is 45.9 Å². The maximum Gasteiger partial charge on any atom is 0.356 e. The van der Waals surface area contributed by atoms with Crippen LogP contribution in [0.4, 0.5) is 0 Å². The van der Waals surface area contributed by atoms with Crippen molar-refractivity contribution in [3.63, 3.8) is 0 Å². The minimum absolute atomic E-state index is 0.0178. The van der Waals surface area contributed by atoms with Crippen molar-refractivity contribution in [3.05, 3.63) is 46.2 Å². The first kappa shape index (κ1) is 16.9. The molecule has 1 N–H and O–H groups in total. The van der Waals surface area contributed by atoms with Crippen molar-refractivity contribution < 1.29 is 18.3 Å². The van der Waals surface area contributed by atoms with E-state index in [1.807, 2.05) is 0 Å². The highest BCUT2D eigenvalue weighted by atomic mass is 35.5. The van der Waals surface area contributed by atoms with Crippen LogP contribution in [0.2, 0.25) is 5.02 Å². The van der Waals surface area contributed by atoms with E-state index in [0.29, 0.717) is 29.2 Å². The predicted octanol–water partition coefficient (Wildman–Crippen LogP) is 1.93. The van der Waals surface area contributed by atoms with Gasteiger partial charge >= 0.3 is 5.97 Å². The van der Waals surface area contributed by atoms with E-state index >= 15 is 0 Å². The Morgan fingerprint density at radius 3 is 2.58 bits per heavy atom. The molecule has 3 rings (SSSR count). The molecule has 0 spiro atoms. The number of halogens is 1. The molecule has 1 aliphatic rings. The van der Waals surface area contributed by atoms with E-state index < -0.39 is 16.0 Å². The first-order chi connectivity index (χ1) is 11.3. The Morgan fingerprint density at radius 2 is 2.00 bits per heavy atom. The lowest BCUT2D eigenvalue weighted by atomic mass is 10.1. The molecule has 7 nitrogen and oxygen atoms in total. The molecule has 1 aliphatic heterocycles. The number of rotatable bonds is 4. The fourth-order valence-corrected chi connectivity index (χ4v) is 3.97. The molecule has 0 saturated carbocycles. The summed E-state index contributed by atoms with van der Waals surface area (Å²) in [5.41, 5.74) is 1.74. The molecule has 0 fully saturated rings. The molecule has 0 atom stereocenters. The molecule has 1 aromatic carbocycles. The molecular formula is C15H16ClN3O4S. The summed E-state index contributed by atoms with van der Waals surface area (Å²) in [6, 6.07) is 6.89. The average Bonchev–Trinajstić information content (AvgIpc) is 2.94. The Morgan fingerprint density at radius 1 is 1.33 bits per heavy atom. The smallest absolute Gasteiger partial charge is 0.356 e. The lowest BCUT2D eigenvalue weighted by molar-refractivity contribution is 0.0688. The second-order valence-corrected chi connectivity index (χ2v) is 8.15. The number of fused-ring (bicyclic) bond motifs is 1. The number of sulfonamides is 1. The fraction of sp³-hybridized carbons (Fsp3) is 0.333. The quantitative estimate of drug-likeness (QED) is 0.888. The summed E-state index contributed by atoms with van der Waals surface area (Å²) in [4.78, 5) is 11.5. The number of aromatic carboxylic acids is 1. The van der Waals surface area contributed by atoms with Crippen molar-refractivity contribution in [2.45, 2.75) is 19.9 Å². The lowest BCUT2D eigenvalue weighted by Crippen LogP contribution is -2.37. The van der Waals surface area contributed by atoms with Gasteiger partial charge in [-0.2, -0.15) is 9.40 Å². The SMILES string of the molecule is CCS(=O)(=O)N1CCc2c(c(C(=O)O)nn2-c2ccc(Cl)cc2)C1. The van der Waals surface area contributed by atoms with Gasteiger partial charge in [0.15, 0.2) is 5.69 Å². The molecular weight excluding hydrogens is 354 g/mol. The van der Waals surface area contributed by atoms with Gasteiger partial charge in [-0.3, -0.25) is 0 Å². The molecule has 2 aromatic rings. The van der Waals surface area contributed by atoms with Gasteiger partial charge in [0.05, 0.1) is 17.1 Å². The molecule has 0 bridgehead atoms. The van der Waals surface area contributed by atoms with Crippen LogP contribution in [0.25, 0.3) is 5.69 Å². The van der Waals surface area contributed by atoms with Gasteiger partial charge in [-0.15, -0.1) is 0 Å². The monoisotopic (exact) mass is 369 g/mol. The zero-order valence-electron chi connectivity index (χ0n) is 12.9. The highest BCUT2D eigenvalue weighted by Gasteiger charge is 2.32. The van der Waals surface area contributed by atoms with Gasteiger partial charge in [0, 0.05) is 30.1 Å². The number of benzene rings is 1. The Kier molecular flexibility index (Phi) is 4.37. The minimum atomic E-state index is -3.38. The largest absolute Gasteiger partial charge is 0.476 e. The van der Waals surface area contributed by atoms with Gasteiger partial charge in [0.1, 0.15) is 0 Å². The van der Waals surface area contributed by atoms with Crippen LogP contribution in [0.15, 0.2) is 24.3 Å². The molecule has 2 heterocycles. The number of hydrogen-bond acceptors (Lipinski definition) is 4. The summed E-state index contributed by atoms with van der Waals surface area (Å²) < 4.78 is 27.1. The third kappa shape index (κ3) is 2.92. The van der Waals surface area contributed by atoms with E-state index in [-0.39, 0.29) is 18.0 Å². The van der Waals surface area contributed by atoms with Crippen molar-refractivity contribution >= 4 is 27.6 Å². The van der Waals surface area contributed by atoms with Gasteiger partial charge < -0.3 is 5.11 Å². The molecule has 0 amide bonds. The van der Waals surface area contributed by atoms with E-state index in [1.165, 1.54) is 4.31 Å². The number of carboxylic acids is 1. The van der Waals surface area contributed by atoms with Gasteiger partial charge in [0.2, 0.25) is 10.0 Å². The van der Waals surface area contributed by atoms with Crippen LogP contribution in [0, 0.1) is 0 Å². The topological polar surface area (TPSA) is 92.5 Å². The minimum Gasteiger partial charge on any atom is -0.476 e. The zero-order chi connectivity index (χ0) is 17.5. The number of nitrogens with zero attached hydrogens (tertiary/aromatic N) is 3. The summed E-state index contributed by atoms with van der Waals surface area (Å²) in [5, 5.41) is 14.2. The van der Waals surface area contributed by atoms with Crippen LogP contribution in [-0.2, 0) is 23.0 Å². The highest BCUT2D eigenvalue weighted by molar-refractivity contribution is 7.89. The second kappa shape index (κ2) is 6.19. The van der Waals surface area contributed by atoms with Crippen molar-refractivity contribution in [2.24, 2.45) is 0 Å². The molecule has 0 unspecified atom stereocenters. The molecule has 128 valence electrons. The summed E-state index contributed by atoms with van der Waals surface area (Å²) >= 11 is 5.89. The first-order valence-corrected chi connectivity index (χ1v) is 9.40. The maximum atomic E-state index is 12.1. The first-order valence-electron chi connectivity index (χ1n) is 7.41. The van der Waals surface area contributed by atoms with E-state index in [0.717, 1.165) is 5.69 Å². The molecule has 0 aliphatic carbocycles. The third-order valence-corrected chi connectivity index (χ3v) is 6.13. The number of hydrogen-bond donors (Lipinski definition) is 1. The summed E-state index contributed by atoms with van der Waals surface area (Å²) in [6.07, 6.45) is 0.400. The van der Waals surface area contributed by atoms with Crippen molar-refractivity contribution in [3.8, 4) is 5.69 Å². The van der Waals surface area contributed by atoms with Crippen LogP contribution in [0.3, 0.4) is 0 Å². The van der Waals surface area contributed by atoms with Crippen LogP contribution in [0.1, 0.15) is 28.7 Å². The van der Waals surface area contributed by atoms with Crippen molar-refractivity contribution in [1.29, 1.82) is 0 Å². The van der Waals surface area contributed by atoms with Crippen LogP contribution >= 0.6 is 11.6 Å². The Labute approximate surface area is 144 Å². The summed E-state index contributed by atoms with van der Waals surface area (Å²) in [6.45, 7) is 1.91. The average molecular weight is 370 g/mol. The Hall–Kier alpha value is -1.90. The molecule has 9 heteroatoms. The van der Waals surface area contributed by atoms with E-state index in [2.05, 4.69) is 5.10 Å². The Bertz CT molecular complexity index is 890. The fourth-order valence-electron chi connectivity index (χ4n) is 2.78. The molecule has 24 heavy (non-hydrogen) atoms. The van der Waals surface area contributed by atoms with Crippen molar-refractivity contribution in [2.75, 3.05) is 12.3 Å². The maximum absolute atomic E-state index is 12.1. The predicted molar refractivity (Wildman–Crippen MR) is 89.1 cm³/mol. The van der Waals surface area contributed by atoms with E-state index in [1.54, 1.807) is 35.9 Å². The van der Waals surface area contributed by atoms with Gasteiger partial charge in [-0.25, -0.2) is 17.9 Å². The lowest BCUT2D eigenvalue weighted by Gasteiger charge is -2.26. The molecule has 0 radical (unpaired) electrons. The standard InChI is InChI=1S/C15H16ClN3O4S/c1-2-24(22,23)18-8-7-13-12(9-18)14(15(20)21)17-19(13)11-5-3-10(16)4-6-11/h3-6H,2,7-9H2,1H3,(H,20,21). The van der Waals surface area contributed by atoms with Gasteiger partial charge in [-0.05, 0) is 31.2 Å². The second-order valence-electron chi connectivity index (χ2n) is 5.45. The number of aromatic nitrogens is 2. The van der Waals surface area contributed by atoms with Gasteiger partial charge in [0.25, 0.3) is 0 Å². The van der Waals surface area contributed by atoms with Crippen molar-refractivity contribution in [1.82, 2.24) is 14.1 Å². The molecule has 1 aromatic heterocycles. The summed E-state index contributed by atoms with van der Waals surface area (Å²) in [5.74, 6) is -1.19. The summed E-state index contributed by atoms with van der Waals surface area (Å²) in [7, 11) is -3.38.